The average molecular weight is 513 g/mol. The summed E-state index contributed by atoms with van der Waals surface area (Å²) in [6, 6.07) is 10.0. The second-order valence-electron chi connectivity index (χ2n) is 6.10. The van der Waals surface area contributed by atoms with Crippen LogP contribution in [0.4, 0.5) is 4.79 Å². The maximum absolute atomic E-state index is 12.8. The minimum absolute atomic E-state index is 0.144. The van der Waals surface area contributed by atoms with E-state index in [0.717, 1.165) is 22.2 Å². The molecule has 0 atom stereocenters. The van der Waals surface area contributed by atoms with Crippen LogP contribution in [0.3, 0.4) is 0 Å². The van der Waals surface area contributed by atoms with Crippen LogP contribution >= 0.6 is 39.3 Å². The number of carboxylic acids is 1. The molecule has 1 aliphatic heterocycles. The van der Waals surface area contributed by atoms with Crippen molar-refractivity contribution < 1.29 is 29.0 Å². The molecule has 30 heavy (non-hydrogen) atoms. The van der Waals surface area contributed by atoms with Crippen molar-refractivity contribution in [2.75, 3.05) is 13.7 Å². The van der Waals surface area contributed by atoms with Gasteiger partial charge < -0.3 is 14.6 Å². The Morgan fingerprint density at radius 3 is 2.57 bits per heavy atom. The molecule has 0 unspecified atom stereocenters. The molecule has 156 valence electrons. The number of nitrogens with zero attached hydrogens (tertiary/aromatic N) is 1. The van der Waals surface area contributed by atoms with Gasteiger partial charge in [0.25, 0.3) is 11.1 Å². The summed E-state index contributed by atoms with van der Waals surface area (Å²) < 4.78 is 11.0. The van der Waals surface area contributed by atoms with Gasteiger partial charge in [0, 0.05) is 9.50 Å². The van der Waals surface area contributed by atoms with Gasteiger partial charge in [-0.3, -0.25) is 14.5 Å². The SMILES string of the molecule is COc1cc(/C=C2\SC(=O)N(Cc3ccc(Cl)cc3)C2=O)c(Br)cc1OCC(=O)O. The lowest BCUT2D eigenvalue weighted by molar-refractivity contribution is -0.139. The lowest BCUT2D eigenvalue weighted by atomic mass is 10.1. The summed E-state index contributed by atoms with van der Waals surface area (Å²) in [7, 11) is 1.42. The van der Waals surface area contributed by atoms with Gasteiger partial charge in [-0.15, -0.1) is 0 Å². The van der Waals surface area contributed by atoms with E-state index in [1.165, 1.54) is 7.11 Å². The normalized spacial score (nSPS) is 15.0. The first-order valence-electron chi connectivity index (χ1n) is 8.50. The topological polar surface area (TPSA) is 93.1 Å². The van der Waals surface area contributed by atoms with Crippen LogP contribution in [-0.2, 0) is 16.1 Å². The molecule has 0 saturated carbocycles. The number of amides is 2. The van der Waals surface area contributed by atoms with Gasteiger partial charge in [-0.25, -0.2) is 4.79 Å². The number of benzene rings is 2. The van der Waals surface area contributed by atoms with E-state index in [0.29, 0.717) is 20.8 Å². The minimum atomic E-state index is -1.12. The number of methoxy groups -OCH3 is 1. The van der Waals surface area contributed by atoms with Gasteiger partial charge in [0.15, 0.2) is 18.1 Å². The Morgan fingerprint density at radius 1 is 1.23 bits per heavy atom. The van der Waals surface area contributed by atoms with Gasteiger partial charge in [-0.1, -0.05) is 39.7 Å². The molecule has 0 radical (unpaired) electrons. The van der Waals surface area contributed by atoms with E-state index in [1.54, 1.807) is 42.5 Å². The van der Waals surface area contributed by atoms with E-state index in [4.69, 9.17) is 26.2 Å². The van der Waals surface area contributed by atoms with Crippen molar-refractivity contribution in [1.82, 2.24) is 4.90 Å². The number of imide groups is 1. The van der Waals surface area contributed by atoms with E-state index < -0.39 is 18.5 Å². The van der Waals surface area contributed by atoms with Gasteiger partial charge in [0.1, 0.15) is 0 Å². The summed E-state index contributed by atoms with van der Waals surface area (Å²) in [6.45, 7) is -0.378. The minimum Gasteiger partial charge on any atom is -0.493 e. The van der Waals surface area contributed by atoms with Crippen LogP contribution in [0.15, 0.2) is 45.8 Å². The average Bonchev–Trinajstić information content (AvgIpc) is 2.96. The zero-order chi connectivity index (χ0) is 21.8. The summed E-state index contributed by atoms with van der Waals surface area (Å²) in [5.41, 5.74) is 1.36. The number of carbonyl (C=O) groups is 3. The van der Waals surface area contributed by atoms with Gasteiger partial charge in [0.2, 0.25) is 0 Å². The van der Waals surface area contributed by atoms with Crippen LogP contribution in [-0.4, -0.2) is 40.8 Å². The molecule has 0 aliphatic carbocycles. The molecule has 3 rings (SSSR count). The molecule has 7 nitrogen and oxygen atoms in total. The van der Waals surface area contributed by atoms with Crippen molar-refractivity contribution in [2.45, 2.75) is 6.54 Å². The number of hydrogen-bond donors (Lipinski definition) is 1. The maximum atomic E-state index is 12.8. The number of aliphatic carboxylic acids is 1. The molecule has 0 bridgehead atoms. The standard InChI is InChI=1S/C20H15BrClNO6S/c1-28-15-6-12(14(21)8-16(15)29-10-18(24)25)7-17-19(26)23(20(27)30-17)9-11-2-4-13(22)5-3-11/h2-8H,9-10H2,1H3,(H,24,25)/b17-7-. The van der Waals surface area contributed by atoms with E-state index in [2.05, 4.69) is 15.9 Å². The van der Waals surface area contributed by atoms with Crippen LogP contribution in [0.2, 0.25) is 5.02 Å². The van der Waals surface area contributed by atoms with Crippen molar-refractivity contribution in [1.29, 1.82) is 0 Å². The number of carboxylic acid groups (broad SMARTS) is 1. The zero-order valence-electron chi connectivity index (χ0n) is 15.6. The molecule has 10 heteroatoms. The van der Waals surface area contributed by atoms with Crippen molar-refractivity contribution in [3.05, 3.63) is 61.9 Å². The summed E-state index contributed by atoms with van der Waals surface area (Å²) in [6.07, 6.45) is 1.57. The Morgan fingerprint density at radius 2 is 1.93 bits per heavy atom. The lowest BCUT2D eigenvalue weighted by Crippen LogP contribution is -2.27. The highest BCUT2D eigenvalue weighted by atomic mass is 79.9. The highest BCUT2D eigenvalue weighted by molar-refractivity contribution is 9.10. The predicted molar refractivity (Wildman–Crippen MR) is 117 cm³/mol. The van der Waals surface area contributed by atoms with Crippen molar-refractivity contribution in [3.63, 3.8) is 0 Å². The molecule has 2 aromatic rings. The number of ether oxygens (including phenoxy) is 2. The first-order valence-corrected chi connectivity index (χ1v) is 10.5. The predicted octanol–water partition coefficient (Wildman–Crippen LogP) is 4.81. The molecule has 1 fully saturated rings. The van der Waals surface area contributed by atoms with E-state index in [9.17, 15) is 14.4 Å². The van der Waals surface area contributed by atoms with Crippen molar-refractivity contribution in [2.24, 2.45) is 0 Å². The Bertz CT molecular complexity index is 1040. The molecule has 1 heterocycles. The Labute approximate surface area is 189 Å². The fraction of sp³-hybridized carbons (Fsp3) is 0.150. The molecule has 2 amide bonds. The fourth-order valence-corrected chi connectivity index (χ4v) is 4.02. The van der Waals surface area contributed by atoms with Crippen molar-refractivity contribution >= 4 is 62.5 Å². The lowest BCUT2D eigenvalue weighted by Gasteiger charge is -2.13. The molecular formula is C20H15BrClNO6S. The van der Waals surface area contributed by atoms with Gasteiger partial charge in [0.05, 0.1) is 18.6 Å². The van der Waals surface area contributed by atoms with Crippen LogP contribution in [0.1, 0.15) is 11.1 Å². The molecule has 1 aliphatic rings. The van der Waals surface area contributed by atoms with Crippen LogP contribution in [0, 0.1) is 0 Å². The highest BCUT2D eigenvalue weighted by Crippen LogP contribution is 2.38. The summed E-state index contributed by atoms with van der Waals surface area (Å²) >= 11 is 10.1. The van der Waals surface area contributed by atoms with Gasteiger partial charge in [-0.2, -0.15) is 0 Å². The van der Waals surface area contributed by atoms with Gasteiger partial charge in [-0.05, 0) is 53.2 Å². The molecule has 1 N–H and O–H groups in total. The number of carbonyl (C=O) groups excluding carboxylic acids is 2. The second kappa shape index (κ2) is 9.55. The van der Waals surface area contributed by atoms with E-state index in [1.807, 2.05) is 0 Å². The van der Waals surface area contributed by atoms with Crippen LogP contribution in [0.25, 0.3) is 6.08 Å². The molecular weight excluding hydrogens is 498 g/mol. The Balaban J connectivity index is 1.84. The molecule has 2 aromatic carbocycles. The number of halogens is 2. The zero-order valence-corrected chi connectivity index (χ0v) is 18.7. The first-order chi connectivity index (χ1) is 14.3. The summed E-state index contributed by atoms with van der Waals surface area (Å²) in [5, 5.41) is 8.98. The van der Waals surface area contributed by atoms with Crippen molar-refractivity contribution in [3.8, 4) is 11.5 Å². The highest BCUT2D eigenvalue weighted by Gasteiger charge is 2.35. The van der Waals surface area contributed by atoms with Crippen LogP contribution < -0.4 is 9.47 Å². The van der Waals surface area contributed by atoms with Gasteiger partial charge >= 0.3 is 5.97 Å². The third-order valence-electron chi connectivity index (χ3n) is 4.05. The fourth-order valence-electron chi connectivity index (χ4n) is 2.62. The third-order valence-corrected chi connectivity index (χ3v) is 5.89. The number of rotatable bonds is 7. The second-order valence-corrected chi connectivity index (χ2v) is 8.39. The first kappa shape index (κ1) is 22.2. The smallest absolute Gasteiger partial charge is 0.341 e. The Hall–Kier alpha value is -2.49. The monoisotopic (exact) mass is 511 g/mol. The van der Waals surface area contributed by atoms with E-state index >= 15 is 0 Å². The summed E-state index contributed by atoms with van der Waals surface area (Å²) in [4.78, 5) is 37.3. The van der Waals surface area contributed by atoms with Crippen LogP contribution in [0.5, 0.6) is 11.5 Å². The largest absolute Gasteiger partial charge is 0.493 e. The summed E-state index contributed by atoms with van der Waals surface area (Å²) in [5.74, 6) is -0.991. The Kier molecular flexibility index (Phi) is 7.06. The third kappa shape index (κ3) is 5.16. The van der Waals surface area contributed by atoms with E-state index in [-0.39, 0.29) is 22.4 Å². The number of hydrogen-bond acceptors (Lipinski definition) is 6. The molecule has 0 spiro atoms. The molecule has 0 aromatic heterocycles. The number of thioether (sulfide) groups is 1. The maximum Gasteiger partial charge on any atom is 0.341 e. The quantitative estimate of drug-likeness (QED) is 0.532. The molecule has 1 saturated heterocycles.